The lowest BCUT2D eigenvalue weighted by Gasteiger charge is -2.30. The first-order valence-electron chi connectivity index (χ1n) is 9.97. The van der Waals surface area contributed by atoms with Gasteiger partial charge in [0.15, 0.2) is 0 Å². The van der Waals surface area contributed by atoms with Crippen molar-refractivity contribution in [3.05, 3.63) is 64.7 Å². The van der Waals surface area contributed by atoms with Crippen molar-refractivity contribution in [3.63, 3.8) is 0 Å². The highest BCUT2D eigenvalue weighted by Crippen LogP contribution is 2.31. The fourth-order valence-electron chi connectivity index (χ4n) is 4.14. The molecule has 6 nitrogen and oxygen atoms in total. The van der Waals surface area contributed by atoms with Crippen molar-refractivity contribution in [3.8, 4) is 0 Å². The molecule has 29 heavy (non-hydrogen) atoms. The van der Waals surface area contributed by atoms with E-state index in [0.717, 1.165) is 42.6 Å². The number of ether oxygens (including phenoxy) is 1. The molecule has 1 saturated heterocycles. The third-order valence-electron chi connectivity index (χ3n) is 5.65. The number of esters is 1. The predicted octanol–water partition coefficient (Wildman–Crippen LogP) is 3.19. The molecule has 0 spiro atoms. The molecule has 150 valence electrons. The number of amides is 2. The summed E-state index contributed by atoms with van der Waals surface area (Å²) in [6, 6.07) is 12.9. The van der Waals surface area contributed by atoms with Crippen LogP contribution in [0.3, 0.4) is 0 Å². The molecule has 0 bridgehead atoms. The van der Waals surface area contributed by atoms with Gasteiger partial charge in [0.1, 0.15) is 0 Å². The lowest BCUT2D eigenvalue weighted by Crippen LogP contribution is -2.36. The summed E-state index contributed by atoms with van der Waals surface area (Å²) in [7, 11) is 1.37. The molecular weight excluding hydrogens is 368 g/mol. The van der Waals surface area contributed by atoms with Crippen molar-refractivity contribution in [2.45, 2.75) is 32.2 Å². The average molecular weight is 392 g/mol. The molecule has 4 rings (SSSR count). The molecule has 1 fully saturated rings. The second kappa shape index (κ2) is 8.07. The summed E-state index contributed by atoms with van der Waals surface area (Å²) in [4.78, 5) is 40.6. The van der Waals surface area contributed by atoms with Crippen molar-refractivity contribution in [1.29, 1.82) is 0 Å². The number of hydrogen-bond donors (Lipinski definition) is 0. The van der Waals surface area contributed by atoms with Gasteiger partial charge >= 0.3 is 5.97 Å². The summed E-state index contributed by atoms with van der Waals surface area (Å²) in [6.45, 7) is 2.00. The van der Waals surface area contributed by atoms with E-state index in [9.17, 15) is 14.4 Å². The Morgan fingerprint density at radius 2 is 1.76 bits per heavy atom. The molecule has 2 amide bonds. The number of fused-ring (bicyclic) bond motifs is 1. The number of benzene rings is 2. The van der Waals surface area contributed by atoms with Gasteiger partial charge in [0.25, 0.3) is 5.91 Å². The minimum Gasteiger partial charge on any atom is -0.465 e. The zero-order valence-electron chi connectivity index (χ0n) is 16.5. The highest BCUT2D eigenvalue weighted by molar-refractivity contribution is 6.07. The predicted molar refractivity (Wildman–Crippen MR) is 109 cm³/mol. The number of rotatable bonds is 4. The number of likely N-dealkylation sites (tertiary alicyclic amines) is 1. The van der Waals surface area contributed by atoms with Crippen LogP contribution >= 0.6 is 0 Å². The summed E-state index contributed by atoms with van der Waals surface area (Å²) in [5.41, 5.74) is 3.77. The zero-order valence-corrected chi connectivity index (χ0v) is 16.5. The van der Waals surface area contributed by atoms with E-state index in [4.69, 9.17) is 4.74 Å². The van der Waals surface area contributed by atoms with Crippen LogP contribution in [0.2, 0.25) is 0 Å². The second-order valence-corrected chi connectivity index (χ2v) is 7.47. The molecule has 2 aromatic carbocycles. The van der Waals surface area contributed by atoms with Crippen molar-refractivity contribution in [2.24, 2.45) is 0 Å². The summed E-state index contributed by atoms with van der Waals surface area (Å²) in [6.07, 6.45) is 3.07. The third kappa shape index (κ3) is 3.75. The molecule has 2 heterocycles. The maximum absolute atomic E-state index is 13.2. The number of nitrogens with zero attached hydrogens (tertiary/aromatic N) is 2. The molecule has 2 aliphatic heterocycles. The molecule has 0 atom stereocenters. The van der Waals surface area contributed by atoms with Gasteiger partial charge in [-0.05, 0) is 54.7 Å². The minimum atomic E-state index is -0.378. The van der Waals surface area contributed by atoms with Gasteiger partial charge in [-0.3, -0.25) is 9.59 Å². The first-order chi connectivity index (χ1) is 14.1. The van der Waals surface area contributed by atoms with Gasteiger partial charge < -0.3 is 14.5 Å². The number of hydrogen-bond acceptors (Lipinski definition) is 4. The van der Waals surface area contributed by atoms with Gasteiger partial charge in [0.05, 0.1) is 12.7 Å². The topological polar surface area (TPSA) is 66.9 Å². The Bertz CT molecular complexity index is 952. The SMILES string of the molecule is COC(=O)c1cccc2c1CCCN2C(=O)c1ccc(CN2CCCC2=O)cc1. The number of methoxy groups -OCH3 is 1. The van der Waals surface area contributed by atoms with Gasteiger partial charge in [0.2, 0.25) is 5.91 Å². The largest absolute Gasteiger partial charge is 0.465 e. The van der Waals surface area contributed by atoms with E-state index in [-0.39, 0.29) is 17.8 Å². The van der Waals surface area contributed by atoms with Crippen LogP contribution in [-0.4, -0.2) is 42.9 Å². The zero-order chi connectivity index (χ0) is 20.4. The molecule has 2 aliphatic rings. The summed E-state index contributed by atoms with van der Waals surface area (Å²) >= 11 is 0. The highest BCUT2D eigenvalue weighted by Gasteiger charge is 2.27. The van der Waals surface area contributed by atoms with Gasteiger partial charge in [-0.1, -0.05) is 18.2 Å². The Labute approximate surface area is 170 Å². The van der Waals surface area contributed by atoms with E-state index in [0.29, 0.717) is 30.6 Å². The van der Waals surface area contributed by atoms with Crippen LogP contribution in [0, 0.1) is 0 Å². The fourth-order valence-corrected chi connectivity index (χ4v) is 4.14. The smallest absolute Gasteiger partial charge is 0.338 e. The quantitative estimate of drug-likeness (QED) is 0.750. The van der Waals surface area contributed by atoms with E-state index in [1.165, 1.54) is 7.11 Å². The summed E-state index contributed by atoms with van der Waals surface area (Å²) in [5.74, 6) is -0.273. The highest BCUT2D eigenvalue weighted by atomic mass is 16.5. The van der Waals surface area contributed by atoms with Gasteiger partial charge in [-0.25, -0.2) is 4.79 Å². The maximum atomic E-state index is 13.2. The molecule has 0 saturated carbocycles. The maximum Gasteiger partial charge on any atom is 0.338 e. The third-order valence-corrected chi connectivity index (χ3v) is 5.65. The molecular formula is C23H24N2O4. The van der Waals surface area contributed by atoms with Crippen LogP contribution in [-0.2, 0) is 22.5 Å². The Balaban J connectivity index is 1.55. The molecule has 0 N–H and O–H groups in total. The number of carbonyl (C=O) groups excluding carboxylic acids is 3. The van der Waals surface area contributed by atoms with E-state index >= 15 is 0 Å². The van der Waals surface area contributed by atoms with Crippen LogP contribution in [0.5, 0.6) is 0 Å². The summed E-state index contributed by atoms with van der Waals surface area (Å²) in [5, 5.41) is 0. The monoisotopic (exact) mass is 392 g/mol. The molecule has 0 radical (unpaired) electrons. The van der Waals surface area contributed by atoms with Crippen molar-refractivity contribution in [1.82, 2.24) is 4.90 Å². The van der Waals surface area contributed by atoms with Gasteiger partial charge in [0, 0.05) is 37.3 Å². The standard InChI is InChI=1S/C23H24N2O4/c1-29-23(28)19-5-2-7-20-18(19)6-3-14-25(20)22(27)17-11-9-16(10-12-17)15-24-13-4-8-21(24)26/h2,5,7,9-12H,3-4,6,8,13-15H2,1H3. The molecule has 2 aromatic rings. The van der Waals surface area contributed by atoms with Crippen LogP contribution < -0.4 is 4.90 Å². The Morgan fingerprint density at radius 1 is 1.00 bits per heavy atom. The van der Waals surface area contributed by atoms with Crippen LogP contribution in [0.15, 0.2) is 42.5 Å². The normalized spacial score (nSPS) is 16.0. The Kier molecular flexibility index (Phi) is 5.34. The van der Waals surface area contributed by atoms with Gasteiger partial charge in [-0.15, -0.1) is 0 Å². The van der Waals surface area contributed by atoms with Gasteiger partial charge in [-0.2, -0.15) is 0 Å². The van der Waals surface area contributed by atoms with Crippen molar-refractivity contribution < 1.29 is 19.1 Å². The van der Waals surface area contributed by atoms with E-state index < -0.39 is 0 Å². The second-order valence-electron chi connectivity index (χ2n) is 7.47. The first-order valence-corrected chi connectivity index (χ1v) is 9.97. The average Bonchev–Trinajstić information content (AvgIpc) is 3.16. The van der Waals surface area contributed by atoms with E-state index in [1.54, 1.807) is 17.0 Å². The number of anilines is 1. The minimum absolute atomic E-state index is 0.0863. The van der Waals surface area contributed by atoms with Crippen LogP contribution in [0.25, 0.3) is 0 Å². The Hall–Kier alpha value is -3.15. The fraction of sp³-hybridized carbons (Fsp3) is 0.348. The van der Waals surface area contributed by atoms with Crippen molar-refractivity contribution in [2.75, 3.05) is 25.1 Å². The number of carbonyl (C=O) groups is 3. The Morgan fingerprint density at radius 3 is 2.45 bits per heavy atom. The lowest BCUT2D eigenvalue weighted by atomic mass is 9.95. The van der Waals surface area contributed by atoms with E-state index in [1.807, 2.05) is 35.2 Å². The molecule has 6 heteroatoms. The molecule has 0 unspecified atom stereocenters. The summed E-state index contributed by atoms with van der Waals surface area (Å²) < 4.78 is 4.89. The lowest BCUT2D eigenvalue weighted by molar-refractivity contribution is -0.128. The van der Waals surface area contributed by atoms with Crippen LogP contribution in [0.1, 0.15) is 51.1 Å². The molecule has 0 aliphatic carbocycles. The van der Waals surface area contributed by atoms with Crippen LogP contribution in [0.4, 0.5) is 5.69 Å². The first kappa shape index (κ1) is 19.2. The molecule has 0 aromatic heterocycles. The van der Waals surface area contributed by atoms with Crippen molar-refractivity contribution >= 4 is 23.5 Å². The van der Waals surface area contributed by atoms with E-state index in [2.05, 4.69) is 0 Å².